The molecule has 0 atom stereocenters. The average molecular weight is 258 g/mol. The number of aromatic nitrogens is 3. The number of hydrogen-bond acceptors (Lipinski definition) is 3. The number of rotatable bonds is 7. The minimum atomic E-state index is 0.847. The molecule has 0 spiro atoms. The lowest BCUT2D eigenvalue weighted by Crippen LogP contribution is -2.12. The van der Waals surface area contributed by atoms with Gasteiger partial charge in [0.05, 0.1) is 0 Å². The van der Waals surface area contributed by atoms with Gasteiger partial charge < -0.3 is 9.88 Å². The first-order chi connectivity index (χ1) is 9.33. The zero-order valence-electron chi connectivity index (χ0n) is 11.8. The van der Waals surface area contributed by atoms with Crippen LogP contribution < -0.4 is 5.32 Å². The molecule has 0 aliphatic carbocycles. The van der Waals surface area contributed by atoms with Crippen LogP contribution in [-0.2, 0) is 19.5 Å². The quantitative estimate of drug-likeness (QED) is 0.829. The minimum Gasteiger partial charge on any atom is -0.335 e. The van der Waals surface area contributed by atoms with E-state index in [1.165, 1.54) is 11.1 Å². The van der Waals surface area contributed by atoms with Crippen molar-refractivity contribution in [3.63, 3.8) is 0 Å². The second-order valence-corrected chi connectivity index (χ2v) is 4.70. The maximum atomic E-state index is 4.44. The van der Waals surface area contributed by atoms with Gasteiger partial charge in [0.1, 0.15) is 5.82 Å². The number of aryl methyl sites for hydroxylation is 1. The van der Waals surface area contributed by atoms with E-state index in [1.54, 1.807) is 0 Å². The van der Waals surface area contributed by atoms with Crippen LogP contribution in [0.25, 0.3) is 0 Å². The van der Waals surface area contributed by atoms with Crippen LogP contribution in [-0.4, -0.2) is 21.1 Å². The number of nitrogens with one attached hydrogen (secondary N) is 1. The zero-order valence-corrected chi connectivity index (χ0v) is 11.8. The summed E-state index contributed by atoms with van der Waals surface area (Å²) in [7, 11) is 0. The standard InChI is InChI=1S/C15H22N4/c1-3-6-19-7-5-18-15(19)9-13-8-14(11-16-4-2)12-17-10-13/h5,7-8,10,12,16H,3-4,6,9,11H2,1-2H3. The average Bonchev–Trinajstić information content (AvgIpc) is 2.85. The van der Waals surface area contributed by atoms with Crippen molar-refractivity contribution in [2.45, 2.75) is 39.8 Å². The summed E-state index contributed by atoms with van der Waals surface area (Å²) in [5.41, 5.74) is 2.45. The Morgan fingerprint density at radius 1 is 1.21 bits per heavy atom. The molecular weight excluding hydrogens is 236 g/mol. The van der Waals surface area contributed by atoms with Crippen molar-refractivity contribution >= 4 is 0 Å². The highest BCUT2D eigenvalue weighted by Gasteiger charge is 2.04. The summed E-state index contributed by atoms with van der Waals surface area (Å²) in [6.07, 6.45) is 9.75. The van der Waals surface area contributed by atoms with Crippen LogP contribution in [0.5, 0.6) is 0 Å². The fraction of sp³-hybridized carbons (Fsp3) is 0.467. The zero-order chi connectivity index (χ0) is 13.5. The van der Waals surface area contributed by atoms with Crippen molar-refractivity contribution in [1.29, 1.82) is 0 Å². The van der Waals surface area contributed by atoms with Crippen LogP contribution in [0.1, 0.15) is 37.2 Å². The van der Waals surface area contributed by atoms with Gasteiger partial charge in [0.25, 0.3) is 0 Å². The van der Waals surface area contributed by atoms with E-state index < -0.39 is 0 Å². The van der Waals surface area contributed by atoms with Crippen molar-refractivity contribution in [1.82, 2.24) is 19.9 Å². The Balaban J connectivity index is 2.07. The fourth-order valence-electron chi connectivity index (χ4n) is 2.14. The molecular formula is C15H22N4. The Morgan fingerprint density at radius 3 is 2.84 bits per heavy atom. The summed E-state index contributed by atoms with van der Waals surface area (Å²) in [6.45, 7) is 7.17. The third-order valence-electron chi connectivity index (χ3n) is 3.06. The highest BCUT2D eigenvalue weighted by Crippen LogP contribution is 2.09. The molecule has 0 aliphatic rings. The molecule has 0 saturated heterocycles. The molecule has 0 aromatic carbocycles. The van der Waals surface area contributed by atoms with Gasteiger partial charge in [-0.15, -0.1) is 0 Å². The van der Waals surface area contributed by atoms with Crippen LogP contribution >= 0.6 is 0 Å². The summed E-state index contributed by atoms with van der Waals surface area (Å²) >= 11 is 0. The Bertz CT molecular complexity index is 504. The SMILES string of the molecule is CCCn1ccnc1Cc1cncc(CNCC)c1. The molecule has 0 saturated carbocycles. The lowest BCUT2D eigenvalue weighted by Gasteiger charge is -2.07. The molecule has 0 unspecified atom stereocenters. The van der Waals surface area contributed by atoms with E-state index in [1.807, 2.05) is 18.6 Å². The summed E-state index contributed by atoms with van der Waals surface area (Å²) in [6, 6.07) is 2.21. The van der Waals surface area contributed by atoms with Gasteiger partial charge >= 0.3 is 0 Å². The molecule has 0 radical (unpaired) electrons. The van der Waals surface area contributed by atoms with Crippen LogP contribution in [0.4, 0.5) is 0 Å². The predicted octanol–water partition coefficient (Wildman–Crippen LogP) is 2.39. The molecule has 2 rings (SSSR count). The molecule has 4 heteroatoms. The van der Waals surface area contributed by atoms with Crippen LogP contribution in [0, 0.1) is 0 Å². The molecule has 19 heavy (non-hydrogen) atoms. The van der Waals surface area contributed by atoms with E-state index in [0.717, 1.165) is 38.3 Å². The van der Waals surface area contributed by atoms with Crippen molar-refractivity contribution < 1.29 is 0 Å². The summed E-state index contributed by atoms with van der Waals surface area (Å²) in [5.74, 6) is 1.12. The predicted molar refractivity (Wildman–Crippen MR) is 76.9 cm³/mol. The van der Waals surface area contributed by atoms with Gasteiger partial charge in [-0.25, -0.2) is 4.98 Å². The molecule has 2 aromatic rings. The molecule has 2 aromatic heterocycles. The fourth-order valence-corrected chi connectivity index (χ4v) is 2.14. The third kappa shape index (κ3) is 3.89. The topological polar surface area (TPSA) is 42.7 Å². The molecule has 0 fully saturated rings. The van der Waals surface area contributed by atoms with Gasteiger partial charge in [-0.1, -0.05) is 19.9 Å². The van der Waals surface area contributed by atoms with Gasteiger partial charge in [-0.2, -0.15) is 0 Å². The number of pyridine rings is 1. The van der Waals surface area contributed by atoms with E-state index in [4.69, 9.17) is 0 Å². The Kier molecular flexibility index (Phi) is 5.10. The van der Waals surface area contributed by atoms with Crippen molar-refractivity contribution in [2.24, 2.45) is 0 Å². The van der Waals surface area contributed by atoms with Gasteiger partial charge in [-0.3, -0.25) is 4.98 Å². The monoisotopic (exact) mass is 258 g/mol. The molecule has 4 nitrogen and oxygen atoms in total. The van der Waals surface area contributed by atoms with Gasteiger partial charge in [-0.05, 0) is 24.1 Å². The second kappa shape index (κ2) is 7.04. The van der Waals surface area contributed by atoms with E-state index >= 15 is 0 Å². The Labute approximate surface area is 114 Å². The first kappa shape index (κ1) is 13.7. The summed E-state index contributed by atoms with van der Waals surface area (Å²) < 4.78 is 2.22. The second-order valence-electron chi connectivity index (χ2n) is 4.70. The highest BCUT2D eigenvalue weighted by molar-refractivity contribution is 5.21. The Morgan fingerprint density at radius 2 is 2.05 bits per heavy atom. The lowest BCUT2D eigenvalue weighted by atomic mass is 10.1. The van der Waals surface area contributed by atoms with E-state index in [-0.39, 0.29) is 0 Å². The smallest absolute Gasteiger partial charge is 0.113 e. The minimum absolute atomic E-state index is 0.847. The van der Waals surface area contributed by atoms with E-state index in [2.05, 4.69) is 46.0 Å². The van der Waals surface area contributed by atoms with Crippen molar-refractivity contribution in [2.75, 3.05) is 6.54 Å². The molecule has 2 heterocycles. The Hall–Kier alpha value is -1.68. The summed E-state index contributed by atoms with van der Waals surface area (Å²) in [4.78, 5) is 8.76. The highest BCUT2D eigenvalue weighted by atomic mass is 15.1. The maximum absolute atomic E-state index is 4.44. The van der Waals surface area contributed by atoms with Crippen LogP contribution in [0.2, 0.25) is 0 Å². The van der Waals surface area contributed by atoms with Gasteiger partial charge in [0.15, 0.2) is 0 Å². The number of nitrogens with zero attached hydrogens (tertiary/aromatic N) is 3. The van der Waals surface area contributed by atoms with Gasteiger partial charge in [0.2, 0.25) is 0 Å². The van der Waals surface area contributed by atoms with Crippen LogP contribution in [0.3, 0.4) is 0 Å². The largest absolute Gasteiger partial charge is 0.335 e. The molecule has 0 amide bonds. The molecule has 102 valence electrons. The third-order valence-corrected chi connectivity index (χ3v) is 3.06. The van der Waals surface area contributed by atoms with E-state index in [0.29, 0.717) is 0 Å². The molecule has 0 bridgehead atoms. The van der Waals surface area contributed by atoms with Crippen molar-refractivity contribution in [3.8, 4) is 0 Å². The first-order valence-electron chi connectivity index (χ1n) is 6.97. The van der Waals surface area contributed by atoms with Gasteiger partial charge in [0, 0.05) is 44.3 Å². The molecule has 1 N–H and O–H groups in total. The lowest BCUT2D eigenvalue weighted by molar-refractivity contribution is 0.646. The number of hydrogen-bond donors (Lipinski definition) is 1. The number of imidazole rings is 1. The molecule has 0 aliphatic heterocycles. The van der Waals surface area contributed by atoms with Crippen LogP contribution in [0.15, 0.2) is 30.9 Å². The maximum Gasteiger partial charge on any atom is 0.113 e. The van der Waals surface area contributed by atoms with E-state index in [9.17, 15) is 0 Å². The first-order valence-corrected chi connectivity index (χ1v) is 6.97. The van der Waals surface area contributed by atoms with Crippen molar-refractivity contribution in [3.05, 3.63) is 47.8 Å². The normalized spacial score (nSPS) is 10.8. The summed E-state index contributed by atoms with van der Waals surface area (Å²) in [5, 5.41) is 3.32.